The molecular weight excluding hydrogens is 283 g/mol. The van der Waals surface area contributed by atoms with Gasteiger partial charge >= 0.3 is 6.18 Å². The van der Waals surface area contributed by atoms with Gasteiger partial charge in [-0.05, 0) is 33.6 Å². The zero-order chi connectivity index (χ0) is 15.7. The summed E-state index contributed by atoms with van der Waals surface area (Å²) in [5.74, 6) is -1.20. The molecule has 0 atom stereocenters. The third-order valence-corrected chi connectivity index (χ3v) is 3.57. The maximum atomic E-state index is 12.6. The van der Waals surface area contributed by atoms with Crippen molar-refractivity contribution in [2.45, 2.75) is 51.9 Å². The lowest BCUT2D eigenvalue weighted by Gasteiger charge is -2.31. The number of nitrogens with zero attached hydrogens (tertiary/aromatic N) is 2. The highest BCUT2D eigenvalue weighted by Gasteiger charge is 2.41. The van der Waals surface area contributed by atoms with Crippen LogP contribution in [-0.4, -0.2) is 29.8 Å². The Morgan fingerprint density at radius 2 is 1.90 bits per heavy atom. The summed E-state index contributed by atoms with van der Waals surface area (Å²) in [4.78, 5) is 6.12. The van der Waals surface area contributed by atoms with Crippen molar-refractivity contribution in [2.75, 3.05) is 18.0 Å². The summed E-state index contributed by atoms with van der Waals surface area (Å²) in [6.07, 6.45) is -2.34. The smallest absolute Gasteiger partial charge is 0.391 e. The van der Waals surface area contributed by atoms with Crippen LogP contribution in [0.5, 0.6) is 0 Å². The Balaban J connectivity index is 1.88. The number of oxazole rings is 1. The number of hydrogen-bond acceptors (Lipinski definition) is 4. The quantitative estimate of drug-likeness (QED) is 0.930. The standard InChI is InChI=1S/C14H22F3N3O/c1-13(2,3)18-8-11-9-21-12(19-11)20-6-4-10(5-7-20)14(15,16)17/h9-10,18H,4-8H2,1-3H3. The lowest BCUT2D eigenvalue weighted by Crippen LogP contribution is -2.39. The summed E-state index contributed by atoms with van der Waals surface area (Å²) in [5.41, 5.74) is 0.738. The van der Waals surface area contributed by atoms with E-state index >= 15 is 0 Å². The number of alkyl halides is 3. The summed E-state index contributed by atoms with van der Waals surface area (Å²) in [6, 6.07) is 0.418. The van der Waals surface area contributed by atoms with Crippen LogP contribution in [0.4, 0.5) is 19.2 Å². The van der Waals surface area contributed by atoms with Gasteiger partial charge in [0.2, 0.25) is 0 Å². The van der Waals surface area contributed by atoms with Crippen molar-refractivity contribution in [1.29, 1.82) is 0 Å². The fraction of sp³-hybridized carbons (Fsp3) is 0.786. The first-order valence-corrected chi connectivity index (χ1v) is 7.16. The molecule has 120 valence electrons. The Labute approximate surface area is 122 Å². The number of anilines is 1. The average Bonchev–Trinajstić information content (AvgIpc) is 2.83. The van der Waals surface area contributed by atoms with Crippen LogP contribution in [0.25, 0.3) is 0 Å². The van der Waals surface area contributed by atoms with Gasteiger partial charge in [-0.25, -0.2) is 0 Å². The maximum Gasteiger partial charge on any atom is 0.391 e. The summed E-state index contributed by atoms with van der Waals surface area (Å²) >= 11 is 0. The van der Waals surface area contributed by atoms with Crippen LogP contribution < -0.4 is 10.2 Å². The van der Waals surface area contributed by atoms with Crippen molar-refractivity contribution in [1.82, 2.24) is 10.3 Å². The molecule has 1 aliphatic heterocycles. The highest BCUT2D eigenvalue weighted by Crippen LogP contribution is 2.35. The van der Waals surface area contributed by atoms with E-state index in [-0.39, 0.29) is 18.4 Å². The Bertz CT molecular complexity index is 457. The Kier molecular flexibility index (Phi) is 4.51. The number of aromatic nitrogens is 1. The molecule has 0 unspecified atom stereocenters. The van der Waals surface area contributed by atoms with Gasteiger partial charge in [0.25, 0.3) is 6.01 Å². The zero-order valence-electron chi connectivity index (χ0n) is 12.6. The van der Waals surface area contributed by atoms with Crippen LogP contribution >= 0.6 is 0 Å². The van der Waals surface area contributed by atoms with Gasteiger partial charge in [-0.1, -0.05) is 0 Å². The van der Waals surface area contributed by atoms with E-state index in [0.717, 1.165) is 5.69 Å². The van der Waals surface area contributed by atoms with E-state index in [4.69, 9.17) is 4.42 Å². The van der Waals surface area contributed by atoms with Gasteiger partial charge in [0, 0.05) is 25.2 Å². The molecule has 7 heteroatoms. The minimum atomic E-state index is -4.09. The highest BCUT2D eigenvalue weighted by atomic mass is 19.4. The first-order chi connectivity index (χ1) is 9.65. The van der Waals surface area contributed by atoms with Crippen LogP contribution in [0.15, 0.2) is 10.7 Å². The monoisotopic (exact) mass is 305 g/mol. The number of hydrogen-bond donors (Lipinski definition) is 1. The third-order valence-electron chi connectivity index (χ3n) is 3.57. The van der Waals surface area contributed by atoms with Crippen molar-refractivity contribution in [3.05, 3.63) is 12.0 Å². The fourth-order valence-electron chi connectivity index (χ4n) is 2.28. The van der Waals surface area contributed by atoms with Crippen molar-refractivity contribution >= 4 is 6.01 Å². The van der Waals surface area contributed by atoms with Gasteiger partial charge in [-0.3, -0.25) is 0 Å². The minimum absolute atomic E-state index is 0.0236. The first-order valence-electron chi connectivity index (χ1n) is 7.16. The number of rotatable bonds is 3. The molecule has 0 bridgehead atoms. The molecule has 1 N–H and O–H groups in total. The Hall–Kier alpha value is -1.24. The largest absolute Gasteiger partial charge is 0.432 e. The van der Waals surface area contributed by atoms with Gasteiger partial charge in [0.05, 0.1) is 11.6 Å². The maximum absolute atomic E-state index is 12.6. The number of halogens is 3. The predicted octanol–water partition coefficient (Wildman–Crippen LogP) is 3.34. The molecule has 2 heterocycles. The fourth-order valence-corrected chi connectivity index (χ4v) is 2.28. The number of nitrogens with one attached hydrogen (secondary N) is 1. The lowest BCUT2D eigenvalue weighted by atomic mass is 9.97. The molecule has 4 nitrogen and oxygen atoms in total. The van der Waals surface area contributed by atoms with E-state index in [1.165, 1.54) is 0 Å². The molecule has 1 aromatic rings. The second-order valence-corrected chi connectivity index (χ2v) is 6.53. The van der Waals surface area contributed by atoms with Crippen LogP contribution in [0, 0.1) is 5.92 Å². The van der Waals surface area contributed by atoms with Crippen molar-refractivity contribution < 1.29 is 17.6 Å². The van der Waals surface area contributed by atoms with Crippen LogP contribution in [0.3, 0.4) is 0 Å². The first kappa shape index (κ1) is 16.1. The summed E-state index contributed by atoms with van der Waals surface area (Å²) in [6.45, 7) is 7.39. The van der Waals surface area contributed by atoms with Crippen LogP contribution in [0.1, 0.15) is 39.3 Å². The van der Waals surface area contributed by atoms with Crippen molar-refractivity contribution in [3.63, 3.8) is 0 Å². The SMILES string of the molecule is CC(C)(C)NCc1coc(N2CCC(C(F)(F)F)CC2)n1. The second kappa shape index (κ2) is 5.87. The van der Waals surface area contributed by atoms with Crippen molar-refractivity contribution in [2.24, 2.45) is 5.92 Å². The van der Waals surface area contributed by atoms with E-state index in [1.54, 1.807) is 11.2 Å². The average molecular weight is 305 g/mol. The molecule has 0 aliphatic carbocycles. The molecule has 2 rings (SSSR count). The molecule has 0 radical (unpaired) electrons. The van der Waals surface area contributed by atoms with E-state index in [0.29, 0.717) is 25.6 Å². The van der Waals surface area contributed by atoms with Gasteiger partial charge in [0.15, 0.2) is 0 Å². The third kappa shape index (κ3) is 4.62. The molecule has 21 heavy (non-hydrogen) atoms. The van der Waals surface area contributed by atoms with Crippen LogP contribution in [0.2, 0.25) is 0 Å². The number of piperidine rings is 1. The topological polar surface area (TPSA) is 41.3 Å². The van der Waals surface area contributed by atoms with Crippen molar-refractivity contribution in [3.8, 4) is 0 Å². The Morgan fingerprint density at radius 3 is 2.43 bits per heavy atom. The van der Waals surface area contributed by atoms with E-state index in [2.05, 4.69) is 31.1 Å². The predicted molar refractivity (Wildman–Crippen MR) is 74.1 cm³/mol. The zero-order valence-corrected chi connectivity index (χ0v) is 12.6. The summed E-state index contributed by atoms with van der Waals surface area (Å²) in [7, 11) is 0. The van der Waals surface area contributed by atoms with Gasteiger partial charge in [-0.15, -0.1) is 0 Å². The summed E-state index contributed by atoms with van der Waals surface area (Å²) in [5, 5.41) is 3.29. The molecule has 1 saturated heterocycles. The molecule has 1 aromatic heterocycles. The molecule has 0 saturated carbocycles. The van der Waals surface area contributed by atoms with Gasteiger partial charge < -0.3 is 14.6 Å². The molecule has 1 fully saturated rings. The summed E-state index contributed by atoms with van der Waals surface area (Å²) < 4.78 is 43.2. The second-order valence-electron chi connectivity index (χ2n) is 6.53. The molecule has 1 aliphatic rings. The van der Waals surface area contributed by atoms with E-state index in [9.17, 15) is 13.2 Å². The lowest BCUT2D eigenvalue weighted by molar-refractivity contribution is -0.179. The van der Waals surface area contributed by atoms with Crippen LogP contribution in [-0.2, 0) is 6.54 Å². The minimum Gasteiger partial charge on any atom is -0.432 e. The Morgan fingerprint density at radius 1 is 1.29 bits per heavy atom. The van der Waals surface area contributed by atoms with Gasteiger partial charge in [0.1, 0.15) is 6.26 Å². The highest BCUT2D eigenvalue weighted by molar-refractivity contribution is 5.27. The van der Waals surface area contributed by atoms with Gasteiger partial charge in [-0.2, -0.15) is 18.2 Å². The van der Waals surface area contributed by atoms with E-state index < -0.39 is 12.1 Å². The van der Waals surface area contributed by atoms with E-state index in [1.807, 2.05) is 0 Å². The molecule has 0 aromatic carbocycles. The normalized spacial score (nSPS) is 18.3. The molecule has 0 amide bonds. The molecule has 0 spiro atoms. The molecular formula is C14H22F3N3O.